The molecule has 32 heavy (non-hydrogen) atoms. The first-order valence-corrected chi connectivity index (χ1v) is 12.7. The lowest BCUT2D eigenvalue weighted by Crippen LogP contribution is -2.47. The van der Waals surface area contributed by atoms with Crippen molar-refractivity contribution in [1.82, 2.24) is 4.90 Å². The fraction of sp³-hybridized carbons (Fsp3) is 0.429. The monoisotopic (exact) mass is 445 g/mol. The first kappa shape index (κ1) is 21.5. The Hall–Kier alpha value is -2.30. The molecule has 4 heteroatoms. The quantitative estimate of drug-likeness (QED) is 0.392. The molecule has 4 heterocycles. The zero-order valence-electron chi connectivity index (χ0n) is 18.8. The number of rotatable bonds is 8. The Kier molecular flexibility index (Phi) is 6.25. The molecule has 3 saturated heterocycles. The number of Topliss-reactive ketones (excluding diaryl/α,β-unsaturated/α-hetero) is 2. The van der Waals surface area contributed by atoms with Gasteiger partial charge in [0.25, 0.3) is 0 Å². The van der Waals surface area contributed by atoms with E-state index in [4.69, 9.17) is 0 Å². The van der Waals surface area contributed by atoms with E-state index >= 15 is 0 Å². The number of ketones is 2. The van der Waals surface area contributed by atoms with Crippen LogP contribution in [-0.2, 0) is 11.2 Å². The molecule has 0 radical (unpaired) electrons. The Morgan fingerprint density at radius 1 is 1.06 bits per heavy atom. The number of fused-ring (bicyclic) bond motifs is 4. The van der Waals surface area contributed by atoms with Crippen molar-refractivity contribution in [2.75, 3.05) is 19.6 Å². The molecule has 0 spiro atoms. The van der Waals surface area contributed by atoms with Crippen molar-refractivity contribution in [2.24, 2.45) is 11.8 Å². The van der Waals surface area contributed by atoms with Gasteiger partial charge in [-0.3, -0.25) is 9.59 Å². The molecule has 0 saturated carbocycles. The van der Waals surface area contributed by atoms with E-state index < -0.39 is 0 Å². The summed E-state index contributed by atoms with van der Waals surface area (Å²) in [5, 5.41) is 1.11. The van der Waals surface area contributed by atoms with Crippen LogP contribution in [0.25, 0.3) is 10.1 Å². The second kappa shape index (κ2) is 9.29. The van der Waals surface area contributed by atoms with Crippen molar-refractivity contribution in [3.05, 3.63) is 70.6 Å². The normalized spacial score (nSPS) is 23.3. The molecular weight excluding hydrogens is 414 g/mol. The van der Waals surface area contributed by atoms with Crippen LogP contribution in [0.15, 0.2) is 54.6 Å². The largest absolute Gasteiger partial charge is 0.303 e. The number of carbonyl (C=O) groups excluding carboxylic acids is 2. The van der Waals surface area contributed by atoms with Gasteiger partial charge in [-0.25, -0.2) is 0 Å². The molecule has 3 aliphatic heterocycles. The number of thiophene rings is 1. The number of piperidine rings is 3. The standard InChI is InChI=1S/C28H31NO2S/c1-19(21-5-3-2-4-6-21)13-25(30)14-20-7-8-23-17-28(32-27(23)15-20)26(31)16-24-18-29-11-9-22(24)10-12-29/h2-8,15,17,19,22,24H,9-14,16,18H2,1H3/t19-,24+/m1/s1. The van der Waals surface area contributed by atoms with Crippen molar-refractivity contribution >= 4 is 33.0 Å². The molecule has 166 valence electrons. The third-order valence-electron chi connectivity index (χ3n) is 7.40. The molecule has 2 bridgehead atoms. The molecule has 3 aromatic rings. The fourth-order valence-electron chi connectivity index (χ4n) is 5.52. The lowest BCUT2D eigenvalue weighted by Gasteiger charge is -2.44. The van der Waals surface area contributed by atoms with E-state index in [0.717, 1.165) is 33.0 Å². The Morgan fingerprint density at radius 3 is 2.56 bits per heavy atom. The summed E-state index contributed by atoms with van der Waals surface area (Å²) in [4.78, 5) is 29.1. The second-order valence-electron chi connectivity index (χ2n) is 9.74. The van der Waals surface area contributed by atoms with Crippen LogP contribution in [0.1, 0.15) is 59.3 Å². The Morgan fingerprint density at radius 2 is 1.84 bits per heavy atom. The predicted molar refractivity (Wildman–Crippen MR) is 132 cm³/mol. The lowest BCUT2D eigenvalue weighted by molar-refractivity contribution is -0.118. The molecule has 0 amide bonds. The van der Waals surface area contributed by atoms with Gasteiger partial charge in [0.2, 0.25) is 0 Å². The van der Waals surface area contributed by atoms with Gasteiger partial charge in [0.1, 0.15) is 5.78 Å². The van der Waals surface area contributed by atoms with Crippen LogP contribution in [0.4, 0.5) is 0 Å². The maximum Gasteiger partial charge on any atom is 0.173 e. The highest BCUT2D eigenvalue weighted by Gasteiger charge is 2.35. The molecule has 0 unspecified atom stereocenters. The van der Waals surface area contributed by atoms with Crippen LogP contribution < -0.4 is 0 Å². The molecule has 0 N–H and O–H groups in total. The van der Waals surface area contributed by atoms with E-state index in [1.807, 2.05) is 30.3 Å². The highest BCUT2D eigenvalue weighted by molar-refractivity contribution is 7.20. The zero-order chi connectivity index (χ0) is 22.1. The van der Waals surface area contributed by atoms with Gasteiger partial charge in [0.15, 0.2) is 5.78 Å². The van der Waals surface area contributed by atoms with E-state index in [2.05, 4.69) is 36.1 Å². The van der Waals surface area contributed by atoms with Crippen LogP contribution in [0.2, 0.25) is 0 Å². The summed E-state index contributed by atoms with van der Waals surface area (Å²) in [5.41, 5.74) is 2.25. The van der Waals surface area contributed by atoms with Gasteiger partial charge in [0, 0.05) is 30.5 Å². The SMILES string of the molecule is C[C@H](CC(=O)Cc1ccc2cc(C(=O)C[C@H]3CN4CCC3CC4)sc2c1)c1ccccc1. The number of carbonyl (C=O) groups is 2. The fourth-order valence-corrected chi connectivity index (χ4v) is 6.60. The summed E-state index contributed by atoms with van der Waals surface area (Å²) < 4.78 is 1.11. The summed E-state index contributed by atoms with van der Waals surface area (Å²) in [6, 6.07) is 18.5. The van der Waals surface area contributed by atoms with Gasteiger partial charge < -0.3 is 4.90 Å². The van der Waals surface area contributed by atoms with Crippen LogP contribution in [0, 0.1) is 11.8 Å². The molecule has 3 nitrogen and oxygen atoms in total. The highest BCUT2D eigenvalue weighted by Crippen LogP contribution is 2.36. The van der Waals surface area contributed by atoms with Gasteiger partial charge in [-0.1, -0.05) is 49.4 Å². The minimum Gasteiger partial charge on any atom is -0.303 e. The summed E-state index contributed by atoms with van der Waals surface area (Å²) in [6.07, 6.45) is 4.19. The molecule has 6 rings (SSSR count). The van der Waals surface area contributed by atoms with Crippen molar-refractivity contribution in [3.8, 4) is 0 Å². The second-order valence-corrected chi connectivity index (χ2v) is 10.8. The number of benzene rings is 2. The molecule has 0 aliphatic carbocycles. The molecule has 3 fully saturated rings. The first-order chi connectivity index (χ1) is 15.5. The Labute approximate surface area is 194 Å². The van der Waals surface area contributed by atoms with Crippen molar-refractivity contribution in [3.63, 3.8) is 0 Å². The van der Waals surface area contributed by atoms with E-state index in [1.165, 1.54) is 31.5 Å². The lowest BCUT2D eigenvalue weighted by atomic mass is 9.76. The third-order valence-corrected chi connectivity index (χ3v) is 8.54. The van der Waals surface area contributed by atoms with Crippen molar-refractivity contribution in [2.45, 2.75) is 44.9 Å². The topological polar surface area (TPSA) is 37.4 Å². The average molecular weight is 446 g/mol. The van der Waals surface area contributed by atoms with E-state index in [1.54, 1.807) is 11.3 Å². The Balaban J connectivity index is 1.23. The van der Waals surface area contributed by atoms with E-state index in [9.17, 15) is 9.59 Å². The molecule has 2 aromatic carbocycles. The van der Waals surface area contributed by atoms with E-state index in [0.29, 0.717) is 31.0 Å². The van der Waals surface area contributed by atoms with Crippen LogP contribution >= 0.6 is 11.3 Å². The maximum absolute atomic E-state index is 13.0. The third kappa shape index (κ3) is 4.72. The minimum atomic E-state index is 0.227. The van der Waals surface area contributed by atoms with Gasteiger partial charge in [-0.15, -0.1) is 11.3 Å². The van der Waals surface area contributed by atoms with Gasteiger partial charge in [0.05, 0.1) is 4.88 Å². The van der Waals surface area contributed by atoms with Gasteiger partial charge >= 0.3 is 0 Å². The zero-order valence-corrected chi connectivity index (χ0v) is 19.6. The van der Waals surface area contributed by atoms with Gasteiger partial charge in [-0.2, -0.15) is 0 Å². The number of nitrogens with zero attached hydrogens (tertiary/aromatic N) is 1. The molecular formula is C28H31NO2S. The van der Waals surface area contributed by atoms with Crippen LogP contribution in [-0.4, -0.2) is 36.1 Å². The van der Waals surface area contributed by atoms with Crippen molar-refractivity contribution < 1.29 is 9.59 Å². The van der Waals surface area contributed by atoms with Crippen LogP contribution in [0.5, 0.6) is 0 Å². The molecule has 1 aromatic heterocycles. The van der Waals surface area contributed by atoms with Crippen molar-refractivity contribution in [1.29, 1.82) is 0 Å². The molecule has 2 atom stereocenters. The molecule has 3 aliphatic rings. The van der Waals surface area contributed by atoms with E-state index in [-0.39, 0.29) is 11.7 Å². The summed E-state index contributed by atoms with van der Waals surface area (Å²) in [7, 11) is 0. The highest BCUT2D eigenvalue weighted by atomic mass is 32.1. The average Bonchev–Trinajstić information content (AvgIpc) is 3.24. The van der Waals surface area contributed by atoms with Gasteiger partial charge in [-0.05, 0) is 72.3 Å². The number of hydrogen-bond donors (Lipinski definition) is 0. The predicted octanol–water partition coefficient (Wildman–Crippen LogP) is 6.12. The smallest absolute Gasteiger partial charge is 0.173 e. The Bertz CT molecular complexity index is 1110. The summed E-state index contributed by atoms with van der Waals surface area (Å²) in [5.74, 6) is 2.03. The maximum atomic E-state index is 13.0. The summed E-state index contributed by atoms with van der Waals surface area (Å²) in [6.45, 7) is 5.63. The summed E-state index contributed by atoms with van der Waals surface area (Å²) >= 11 is 1.59. The first-order valence-electron chi connectivity index (χ1n) is 11.9. The van der Waals surface area contributed by atoms with Crippen LogP contribution in [0.3, 0.4) is 0 Å². The minimum absolute atomic E-state index is 0.227. The number of hydrogen-bond acceptors (Lipinski definition) is 4.